The molecule has 0 heterocycles. The van der Waals surface area contributed by atoms with Gasteiger partial charge >= 0.3 is 5.97 Å². The Morgan fingerprint density at radius 3 is 2.67 bits per heavy atom. The van der Waals surface area contributed by atoms with E-state index in [0.29, 0.717) is 0 Å². The summed E-state index contributed by atoms with van der Waals surface area (Å²) in [4.78, 5) is 22.0. The molecule has 0 aromatic heterocycles. The topological polar surface area (TPSA) is 54.4 Å². The Balaban J connectivity index is 2.73. The van der Waals surface area contributed by atoms with Gasteiger partial charge in [0, 0.05) is 12.0 Å². The zero-order valence-electron chi connectivity index (χ0n) is 8.24. The zero-order chi connectivity index (χ0) is 11.4. The van der Waals surface area contributed by atoms with E-state index in [9.17, 15) is 14.0 Å². The Kier molecular flexibility index (Phi) is 3.55. The van der Waals surface area contributed by atoms with Crippen molar-refractivity contribution in [1.29, 1.82) is 0 Å². The van der Waals surface area contributed by atoms with Crippen LogP contribution in [0.5, 0.6) is 0 Å². The fourth-order valence-corrected chi connectivity index (χ4v) is 1.15. The first-order valence-electron chi connectivity index (χ1n) is 4.52. The first-order chi connectivity index (χ1) is 7.00. The molecule has 0 aliphatic carbocycles. The molecule has 80 valence electrons. The smallest absolute Gasteiger partial charge is 0.306 e. The van der Waals surface area contributed by atoms with Gasteiger partial charge in [-0.15, -0.1) is 0 Å². The Hall–Kier alpha value is -1.71. The predicted molar refractivity (Wildman–Crippen MR) is 52.1 cm³/mol. The number of aliphatic carboxylic acids is 1. The van der Waals surface area contributed by atoms with Crippen molar-refractivity contribution >= 4 is 11.8 Å². The van der Waals surface area contributed by atoms with Crippen molar-refractivity contribution in [3.05, 3.63) is 35.6 Å². The van der Waals surface area contributed by atoms with Gasteiger partial charge in [-0.05, 0) is 12.1 Å². The molecule has 1 atom stereocenters. The Morgan fingerprint density at radius 1 is 1.47 bits per heavy atom. The van der Waals surface area contributed by atoms with Gasteiger partial charge in [-0.25, -0.2) is 4.39 Å². The Morgan fingerprint density at radius 2 is 2.13 bits per heavy atom. The van der Waals surface area contributed by atoms with E-state index in [1.165, 1.54) is 25.1 Å². The van der Waals surface area contributed by atoms with Gasteiger partial charge in [0.1, 0.15) is 5.82 Å². The Labute approximate surface area is 86.5 Å². The lowest BCUT2D eigenvalue weighted by Gasteiger charge is -2.04. The minimum atomic E-state index is -1.03. The van der Waals surface area contributed by atoms with Crippen molar-refractivity contribution in [1.82, 2.24) is 0 Å². The van der Waals surface area contributed by atoms with E-state index < -0.39 is 17.7 Å². The summed E-state index contributed by atoms with van der Waals surface area (Å²) in [7, 11) is 0. The van der Waals surface area contributed by atoms with E-state index in [1.807, 2.05) is 0 Å². The molecular formula is C11H11FO3. The average molecular weight is 210 g/mol. The quantitative estimate of drug-likeness (QED) is 0.774. The molecule has 1 rings (SSSR count). The van der Waals surface area contributed by atoms with Crippen LogP contribution in [0.2, 0.25) is 0 Å². The van der Waals surface area contributed by atoms with Gasteiger partial charge in [-0.2, -0.15) is 0 Å². The maximum Gasteiger partial charge on any atom is 0.306 e. The highest BCUT2D eigenvalue weighted by atomic mass is 19.1. The van der Waals surface area contributed by atoms with Crippen molar-refractivity contribution in [2.75, 3.05) is 0 Å². The molecule has 0 saturated heterocycles. The number of hydrogen-bond acceptors (Lipinski definition) is 2. The summed E-state index contributed by atoms with van der Waals surface area (Å²) in [5, 5.41) is 8.61. The molecule has 15 heavy (non-hydrogen) atoms. The molecule has 0 spiro atoms. The van der Waals surface area contributed by atoms with E-state index in [-0.39, 0.29) is 17.8 Å². The molecule has 0 amide bonds. The highest BCUT2D eigenvalue weighted by Gasteiger charge is 2.17. The van der Waals surface area contributed by atoms with Crippen molar-refractivity contribution in [3.63, 3.8) is 0 Å². The third-order valence-corrected chi connectivity index (χ3v) is 2.06. The zero-order valence-corrected chi connectivity index (χ0v) is 8.24. The minimum absolute atomic E-state index is 0.112. The van der Waals surface area contributed by atoms with Crippen molar-refractivity contribution < 1.29 is 19.1 Å². The molecule has 4 heteroatoms. The number of carboxylic acid groups (broad SMARTS) is 1. The monoisotopic (exact) mass is 210 g/mol. The molecule has 0 bridgehead atoms. The lowest BCUT2D eigenvalue weighted by atomic mass is 10.00. The first kappa shape index (κ1) is 11.4. The van der Waals surface area contributed by atoms with Gasteiger partial charge in [0.2, 0.25) is 0 Å². The van der Waals surface area contributed by atoms with Crippen molar-refractivity contribution in [2.45, 2.75) is 13.3 Å². The molecular weight excluding hydrogens is 199 g/mol. The first-order valence-corrected chi connectivity index (χ1v) is 4.52. The van der Waals surface area contributed by atoms with Gasteiger partial charge in [0.05, 0.1) is 5.92 Å². The molecule has 1 N–H and O–H groups in total. The number of benzene rings is 1. The molecule has 0 fully saturated rings. The lowest BCUT2D eigenvalue weighted by molar-refractivity contribution is -0.141. The second-order valence-corrected chi connectivity index (χ2v) is 3.38. The second-order valence-electron chi connectivity index (χ2n) is 3.38. The van der Waals surface area contributed by atoms with Crippen LogP contribution >= 0.6 is 0 Å². The minimum Gasteiger partial charge on any atom is -0.481 e. The van der Waals surface area contributed by atoms with Crippen molar-refractivity contribution in [2.24, 2.45) is 5.92 Å². The number of rotatable bonds is 4. The average Bonchev–Trinajstić information content (AvgIpc) is 2.17. The summed E-state index contributed by atoms with van der Waals surface area (Å²) in [6.07, 6.45) is -0.112. The van der Waals surface area contributed by atoms with E-state index in [0.717, 1.165) is 6.07 Å². The lowest BCUT2D eigenvalue weighted by Crippen LogP contribution is -2.14. The fourth-order valence-electron chi connectivity index (χ4n) is 1.15. The molecule has 0 saturated carbocycles. The van der Waals surface area contributed by atoms with Crippen LogP contribution in [0.4, 0.5) is 4.39 Å². The van der Waals surface area contributed by atoms with Gasteiger partial charge in [-0.1, -0.05) is 19.1 Å². The summed E-state index contributed by atoms with van der Waals surface area (Å²) in [5.41, 5.74) is 0.211. The van der Waals surface area contributed by atoms with Crippen LogP contribution < -0.4 is 0 Å². The van der Waals surface area contributed by atoms with E-state index in [1.54, 1.807) is 0 Å². The number of hydrogen-bond donors (Lipinski definition) is 1. The standard InChI is InChI=1S/C11H11FO3/c1-7(11(14)15)5-10(13)8-3-2-4-9(12)6-8/h2-4,6-7H,5H2,1H3,(H,14,15)/t7-/m1/s1. The molecule has 0 aliphatic rings. The Bertz CT molecular complexity index is 387. The van der Waals surface area contributed by atoms with Crippen LogP contribution in [0.25, 0.3) is 0 Å². The van der Waals surface area contributed by atoms with E-state index >= 15 is 0 Å². The van der Waals surface area contributed by atoms with Crippen LogP contribution in [0.3, 0.4) is 0 Å². The summed E-state index contributed by atoms with van der Waals surface area (Å²) in [5.74, 6) is -2.63. The highest BCUT2D eigenvalue weighted by molar-refractivity contribution is 5.97. The number of carboxylic acids is 1. The second kappa shape index (κ2) is 4.68. The van der Waals surface area contributed by atoms with E-state index in [4.69, 9.17) is 5.11 Å². The summed E-state index contributed by atoms with van der Waals surface area (Å²) >= 11 is 0. The molecule has 0 radical (unpaired) electrons. The third kappa shape index (κ3) is 3.16. The summed E-state index contributed by atoms with van der Waals surface area (Å²) in [6.45, 7) is 1.44. The number of carbonyl (C=O) groups is 2. The molecule has 1 aromatic rings. The van der Waals surface area contributed by atoms with Crippen LogP contribution in [-0.2, 0) is 4.79 Å². The molecule has 0 aliphatic heterocycles. The van der Waals surface area contributed by atoms with Gasteiger partial charge < -0.3 is 5.11 Å². The van der Waals surface area contributed by atoms with Gasteiger partial charge in [0.15, 0.2) is 5.78 Å². The number of ketones is 1. The SMILES string of the molecule is C[C@H](CC(=O)c1cccc(F)c1)C(=O)O. The summed E-state index contributed by atoms with van der Waals surface area (Å²) < 4.78 is 12.8. The normalized spacial score (nSPS) is 12.1. The fraction of sp³-hybridized carbons (Fsp3) is 0.273. The third-order valence-electron chi connectivity index (χ3n) is 2.06. The molecule has 0 unspecified atom stereocenters. The van der Waals surface area contributed by atoms with Crippen molar-refractivity contribution in [3.8, 4) is 0 Å². The van der Waals surface area contributed by atoms with Crippen LogP contribution in [-0.4, -0.2) is 16.9 Å². The van der Waals surface area contributed by atoms with Gasteiger partial charge in [-0.3, -0.25) is 9.59 Å². The summed E-state index contributed by atoms with van der Waals surface area (Å²) in [6, 6.07) is 5.24. The number of Topliss-reactive ketones (excluding diaryl/α,β-unsaturated/α-hetero) is 1. The van der Waals surface area contributed by atoms with Gasteiger partial charge in [0.25, 0.3) is 0 Å². The maximum atomic E-state index is 12.8. The van der Waals surface area contributed by atoms with Crippen LogP contribution in [0.1, 0.15) is 23.7 Å². The maximum absolute atomic E-state index is 12.8. The number of carbonyl (C=O) groups excluding carboxylic acids is 1. The largest absolute Gasteiger partial charge is 0.481 e. The predicted octanol–water partition coefficient (Wildman–Crippen LogP) is 2.12. The van der Waals surface area contributed by atoms with Crippen LogP contribution in [0, 0.1) is 11.7 Å². The number of halogens is 1. The molecule has 3 nitrogen and oxygen atoms in total. The van der Waals surface area contributed by atoms with E-state index in [2.05, 4.69) is 0 Å². The van der Waals surface area contributed by atoms with Crippen LogP contribution in [0.15, 0.2) is 24.3 Å². The highest BCUT2D eigenvalue weighted by Crippen LogP contribution is 2.11. The molecule has 1 aromatic carbocycles.